The fraction of sp³-hybridized carbons (Fsp3) is 0.158. The number of esters is 1. The molecule has 6 heteroatoms. The predicted molar refractivity (Wildman–Crippen MR) is 92.4 cm³/mol. The Kier molecular flexibility index (Phi) is 6.17. The standard InChI is InChI=1S/C19H19NO5/c1-23-12-16(18(21)24-2)14-10-6-7-11-15(14)17(25-19(20)22)13-8-4-3-5-9-13/h3-12,17H,1-2H3,(H2,20,22)/b16-12+. The molecule has 2 N–H and O–H groups in total. The highest BCUT2D eigenvalue weighted by Crippen LogP contribution is 2.32. The van der Waals surface area contributed by atoms with Crippen molar-refractivity contribution in [2.75, 3.05) is 14.2 Å². The fourth-order valence-electron chi connectivity index (χ4n) is 2.48. The summed E-state index contributed by atoms with van der Waals surface area (Å²) in [5.74, 6) is -0.569. The Hall–Kier alpha value is -3.28. The molecule has 0 aromatic heterocycles. The third kappa shape index (κ3) is 4.38. The van der Waals surface area contributed by atoms with Crippen LogP contribution in [0, 0.1) is 0 Å². The number of amides is 1. The topological polar surface area (TPSA) is 87.8 Å². The second kappa shape index (κ2) is 8.54. The average molecular weight is 341 g/mol. The van der Waals surface area contributed by atoms with Crippen LogP contribution in [0.5, 0.6) is 0 Å². The lowest BCUT2D eigenvalue weighted by molar-refractivity contribution is -0.133. The van der Waals surface area contributed by atoms with Gasteiger partial charge in [-0.3, -0.25) is 0 Å². The minimum absolute atomic E-state index is 0.203. The number of ether oxygens (including phenoxy) is 3. The highest BCUT2D eigenvalue weighted by atomic mass is 16.6. The van der Waals surface area contributed by atoms with E-state index in [1.54, 1.807) is 24.3 Å². The van der Waals surface area contributed by atoms with Crippen LogP contribution in [0.2, 0.25) is 0 Å². The predicted octanol–water partition coefficient (Wildman–Crippen LogP) is 3.03. The first kappa shape index (κ1) is 18.1. The maximum Gasteiger partial charge on any atom is 0.405 e. The van der Waals surface area contributed by atoms with Crippen LogP contribution in [-0.2, 0) is 19.0 Å². The van der Waals surface area contributed by atoms with Crippen molar-refractivity contribution in [3.8, 4) is 0 Å². The van der Waals surface area contributed by atoms with E-state index >= 15 is 0 Å². The summed E-state index contributed by atoms with van der Waals surface area (Å²) >= 11 is 0. The molecule has 0 aliphatic heterocycles. The van der Waals surface area contributed by atoms with E-state index in [9.17, 15) is 9.59 Å². The molecule has 0 aliphatic rings. The minimum atomic E-state index is -0.918. The van der Waals surface area contributed by atoms with Crippen molar-refractivity contribution >= 4 is 17.6 Å². The van der Waals surface area contributed by atoms with Crippen molar-refractivity contribution in [1.82, 2.24) is 0 Å². The highest BCUT2D eigenvalue weighted by molar-refractivity contribution is 6.16. The molecule has 0 radical (unpaired) electrons. The maximum atomic E-state index is 12.1. The molecular weight excluding hydrogens is 322 g/mol. The van der Waals surface area contributed by atoms with Crippen LogP contribution in [0.4, 0.5) is 4.79 Å². The molecule has 2 rings (SSSR count). The summed E-state index contributed by atoms with van der Waals surface area (Å²) < 4.78 is 15.2. The monoisotopic (exact) mass is 341 g/mol. The van der Waals surface area contributed by atoms with Crippen molar-refractivity contribution in [3.05, 3.63) is 77.5 Å². The lowest BCUT2D eigenvalue weighted by Crippen LogP contribution is -2.19. The van der Waals surface area contributed by atoms with Gasteiger partial charge in [0.15, 0.2) is 6.10 Å². The van der Waals surface area contributed by atoms with E-state index in [0.29, 0.717) is 11.1 Å². The molecule has 0 spiro atoms. The summed E-state index contributed by atoms with van der Waals surface area (Å²) in [6.07, 6.45) is -0.407. The molecule has 6 nitrogen and oxygen atoms in total. The molecule has 2 aromatic carbocycles. The molecule has 1 atom stereocenters. The normalized spacial score (nSPS) is 12.2. The van der Waals surface area contributed by atoms with Crippen molar-refractivity contribution in [2.45, 2.75) is 6.10 Å². The molecule has 1 unspecified atom stereocenters. The van der Waals surface area contributed by atoms with E-state index in [4.69, 9.17) is 19.9 Å². The van der Waals surface area contributed by atoms with E-state index in [1.807, 2.05) is 30.3 Å². The Morgan fingerprint density at radius 2 is 1.64 bits per heavy atom. The van der Waals surface area contributed by atoms with Crippen molar-refractivity contribution < 1.29 is 23.8 Å². The number of hydrogen-bond donors (Lipinski definition) is 1. The lowest BCUT2D eigenvalue weighted by atomic mass is 9.93. The third-order valence-electron chi connectivity index (χ3n) is 3.51. The molecule has 0 fully saturated rings. The van der Waals surface area contributed by atoms with Crippen molar-refractivity contribution in [3.63, 3.8) is 0 Å². The van der Waals surface area contributed by atoms with Gasteiger partial charge in [0.05, 0.1) is 20.5 Å². The van der Waals surface area contributed by atoms with Crippen LogP contribution >= 0.6 is 0 Å². The molecule has 0 bridgehead atoms. The Labute approximate surface area is 145 Å². The number of carbonyl (C=O) groups excluding carboxylic acids is 2. The largest absolute Gasteiger partial charge is 0.503 e. The van der Waals surface area contributed by atoms with E-state index in [2.05, 4.69) is 0 Å². The van der Waals surface area contributed by atoms with Gasteiger partial charge in [0.2, 0.25) is 0 Å². The second-order valence-corrected chi connectivity index (χ2v) is 5.07. The SMILES string of the molecule is CO/C=C(/C(=O)OC)c1ccccc1C(OC(N)=O)c1ccccc1. The summed E-state index contributed by atoms with van der Waals surface area (Å²) in [5, 5.41) is 0. The number of nitrogens with two attached hydrogens (primary N) is 1. The lowest BCUT2D eigenvalue weighted by Gasteiger charge is -2.21. The van der Waals surface area contributed by atoms with E-state index < -0.39 is 18.2 Å². The Balaban J connectivity index is 2.61. The van der Waals surface area contributed by atoms with E-state index in [0.717, 1.165) is 5.56 Å². The smallest absolute Gasteiger partial charge is 0.405 e. The zero-order valence-electron chi connectivity index (χ0n) is 14.0. The van der Waals surface area contributed by atoms with Crippen LogP contribution in [0.25, 0.3) is 5.57 Å². The third-order valence-corrected chi connectivity index (χ3v) is 3.51. The summed E-state index contributed by atoms with van der Waals surface area (Å²) in [7, 11) is 2.71. The minimum Gasteiger partial charge on any atom is -0.503 e. The number of rotatable bonds is 6. The summed E-state index contributed by atoms with van der Waals surface area (Å²) in [6.45, 7) is 0. The molecule has 2 aromatic rings. The van der Waals surface area contributed by atoms with Gasteiger partial charge in [-0.05, 0) is 11.1 Å². The molecule has 1 amide bonds. The second-order valence-electron chi connectivity index (χ2n) is 5.07. The molecular formula is C19H19NO5. The molecule has 0 aliphatic carbocycles. The van der Waals surface area contributed by atoms with Gasteiger partial charge in [-0.25, -0.2) is 9.59 Å². The average Bonchev–Trinajstić information content (AvgIpc) is 2.64. The number of carbonyl (C=O) groups is 2. The number of hydrogen-bond acceptors (Lipinski definition) is 5. The van der Waals surface area contributed by atoms with Gasteiger partial charge in [0.25, 0.3) is 0 Å². The van der Waals surface area contributed by atoms with Gasteiger partial charge >= 0.3 is 12.1 Å². The molecule has 25 heavy (non-hydrogen) atoms. The first-order valence-electron chi connectivity index (χ1n) is 7.50. The van der Waals surface area contributed by atoms with E-state index in [1.165, 1.54) is 20.5 Å². The first-order chi connectivity index (χ1) is 12.1. The summed E-state index contributed by atoms with van der Waals surface area (Å²) in [5.41, 5.74) is 7.27. The van der Waals surface area contributed by atoms with Crippen molar-refractivity contribution in [2.24, 2.45) is 5.73 Å². The van der Waals surface area contributed by atoms with Crippen LogP contribution in [0.15, 0.2) is 60.9 Å². The van der Waals surface area contributed by atoms with Gasteiger partial charge in [-0.2, -0.15) is 0 Å². The van der Waals surface area contributed by atoms with Crippen molar-refractivity contribution in [1.29, 1.82) is 0 Å². The highest BCUT2D eigenvalue weighted by Gasteiger charge is 2.25. The zero-order chi connectivity index (χ0) is 18.2. The first-order valence-corrected chi connectivity index (χ1v) is 7.50. The van der Waals surface area contributed by atoms with Gasteiger partial charge in [-0.1, -0.05) is 54.6 Å². The van der Waals surface area contributed by atoms with E-state index in [-0.39, 0.29) is 5.57 Å². The molecule has 0 saturated heterocycles. The summed E-state index contributed by atoms with van der Waals surface area (Å²) in [4.78, 5) is 23.6. The number of benzene rings is 2. The van der Waals surface area contributed by atoms with Gasteiger partial charge in [0, 0.05) is 5.56 Å². The van der Waals surface area contributed by atoms with Gasteiger partial charge in [-0.15, -0.1) is 0 Å². The van der Waals surface area contributed by atoms with Crippen LogP contribution in [-0.4, -0.2) is 26.3 Å². The molecule has 130 valence electrons. The van der Waals surface area contributed by atoms with Gasteiger partial charge < -0.3 is 19.9 Å². The zero-order valence-corrected chi connectivity index (χ0v) is 14.0. The quantitative estimate of drug-likeness (QED) is 0.496. The van der Waals surface area contributed by atoms with Crippen LogP contribution < -0.4 is 5.73 Å². The number of methoxy groups -OCH3 is 2. The van der Waals surface area contributed by atoms with Gasteiger partial charge in [0.1, 0.15) is 5.57 Å². The van der Waals surface area contributed by atoms with Crippen LogP contribution in [0.1, 0.15) is 22.8 Å². The molecule has 0 saturated carbocycles. The maximum absolute atomic E-state index is 12.1. The fourth-order valence-corrected chi connectivity index (χ4v) is 2.48. The van der Waals surface area contributed by atoms with Crippen LogP contribution in [0.3, 0.4) is 0 Å². The Morgan fingerprint density at radius 1 is 1.00 bits per heavy atom. The Morgan fingerprint density at radius 3 is 2.24 bits per heavy atom. The molecule has 0 heterocycles. The summed E-state index contributed by atoms with van der Waals surface area (Å²) in [6, 6.07) is 16.1. The Bertz CT molecular complexity index is 770. The number of primary amides is 1.